The first-order valence-corrected chi connectivity index (χ1v) is 4.62. The SMILES string of the molecule is CCNc1cc(OC)c(N)cc1NC. The van der Waals surface area contributed by atoms with E-state index >= 15 is 0 Å². The second-order valence-electron chi connectivity index (χ2n) is 2.92. The maximum Gasteiger partial charge on any atom is 0.143 e. The molecular formula is C10H17N3O. The summed E-state index contributed by atoms with van der Waals surface area (Å²) in [7, 11) is 3.47. The minimum absolute atomic E-state index is 0.638. The zero-order valence-corrected chi connectivity index (χ0v) is 8.85. The van der Waals surface area contributed by atoms with Crippen molar-refractivity contribution in [2.24, 2.45) is 0 Å². The fourth-order valence-electron chi connectivity index (χ4n) is 1.32. The van der Waals surface area contributed by atoms with Crippen molar-refractivity contribution in [2.45, 2.75) is 6.92 Å². The number of nitrogen functional groups attached to an aromatic ring is 1. The Hall–Kier alpha value is -1.58. The third-order valence-electron chi connectivity index (χ3n) is 2.01. The molecule has 4 heteroatoms. The van der Waals surface area contributed by atoms with E-state index in [1.54, 1.807) is 7.11 Å². The first-order valence-electron chi connectivity index (χ1n) is 4.62. The first-order chi connectivity index (χ1) is 6.72. The van der Waals surface area contributed by atoms with Crippen LogP contribution < -0.4 is 21.1 Å². The number of nitrogens with one attached hydrogen (secondary N) is 2. The topological polar surface area (TPSA) is 59.3 Å². The number of benzene rings is 1. The van der Waals surface area contributed by atoms with Gasteiger partial charge >= 0.3 is 0 Å². The molecule has 4 nitrogen and oxygen atoms in total. The Balaban J connectivity index is 3.11. The van der Waals surface area contributed by atoms with Crippen molar-refractivity contribution in [3.8, 4) is 5.75 Å². The smallest absolute Gasteiger partial charge is 0.143 e. The highest BCUT2D eigenvalue weighted by molar-refractivity contribution is 5.77. The van der Waals surface area contributed by atoms with E-state index in [9.17, 15) is 0 Å². The van der Waals surface area contributed by atoms with Gasteiger partial charge in [0.05, 0.1) is 24.2 Å². The van der Waals surface area contributed by atoms with Crippen molar-refractivity contribution in [3.05, 3.63) is 12.1 Å². The molecule has 1 rings (SSSR count). The fraction of sp³-hybridized carbons (Fsp3) is 0.400. The fourth-order valence-corrected chi connectivity index (χ4v) is 1.32. The van der Waals surface area contributed by atoms with E-state index in [4.69, 9.17) is 10.5 Å². The molecule has 0 fully saturated rings. The molecule has 0 aliphatic carbocycles. The molecule has 4 N–H and O–H groups in total. The van der Waals surface area contributed by atoms with Crippen molar-refractivity contribution in [2.75, 3.05) is 37.1 Å². The van der Waals surface area contributed by atoms with Gasteiger partial charge in [-0.2, -0.15) is 0 Å². The molecule has 0 aliphatic rings. The highest BCUT2D eigenvalue weighted by Crippen LogP contribution is 2.32. The molecule has 0 bridgehead atoms. The molecule has 0 heterocycles. The van der Waals surface area contributed by atoms with E-state index in [1.807, 2.05) is 26.1 Å². The van der Waals surface area contributed by atoms with Crippen molar-refractivity contribution in [3.63, 3.8) is 0 Å². The zero-order chi connectivity index (χ0) is 10.6. The summed E-state index contributed by atoms with van der Waals surface area (Å²) in [5.74, 6) is 0.694. The highest BCUT2D eigenvalue weighted by atomic mass is 16.5. The molecule has 0 saturated heterocycles. The number of nitrogens with two attached hydrogens (primary N) is 1. The van der Waals surface area contributed by atoms with Crippen molar-refractivity contribution in [1.82, 2.24) is 0 Å². The van der Waals surface area contributed by atoms with Crippen LogP contribution in [0.2, 0.25) is 0 Å². The molecule has 0 amide bonds. The average molecular weight is 195 g/mol. The van der Waals surface area contributed by atoms with Gasteiger partial charge in [0.1, 0.15) is 5.75 Å². The summed E-state index contributed by atoms with van der Waals surface area (Å²) < 4.78 is 5.14. The van der Waals surface area contributed by atoms with E-state index in [0.29, 0.717) is 11.4 Å². The average Bonchev–Trinajstić information content (AvgIpc) is 2.20. The van der Waals surface area contributed by atoms with Crippen LogP contribution in [0.1, 0.15) is 6.92 Å². The van der Waals surface area contributed by atoms with Gasteiger partial charge in [-0.3, -0.25) is 0 Å². The molecular weight excluding hydrogens is 178 g/mol. The van der Waals surface area contributed by atoms with Gasteiger partial charge in [0, 0.05) is 19.7 Å². The number of anilines is 3. The number of ether oxygens (including phenoxy) is 1. The van der Waals surface area contributed by atoms with Gasteiger partial charge in [-0.05, 0) is 13.0 Å². The summed E-state index contributed by atoms with van der Waals surface area (Å²) in [5.41, 5.74) is 8.40. The standard InChI is InChI=1S/C10H17N3O/c1-4-13-9-6-10(14-3)7(11)5-8(9)12-2/h5-6,12-13H,4,11H2,1-3H3. The van der Waals surface area contributed by atoms with Crippen LogP contribution in [0.25, 0.3) is 0 Å². The lowest BCUT2D eigenvalue weighted by molar-refractivity contribution is 0.417. The second-order valence-corrected chi connectivity index (χ2v) is 2.92. The van der Waals surface area contributed by atoms with Crippen LogP contribution in [-0.2, 0) is 0 Å². The van der Waals surface area contributed by atoms with Crippen LogP contribution in [0.4, 0.5) is 17.1 Å². The first kappa shape index (κ1) is 10.5. The summed E-state index contributed by atoms with van der Waals surface area (Å²) in [6.45, 7) is 2.91. The van der Waals surface area contributed by atoms with Gasteiger partial charge in [-0.25, -0.2) is 0 Å². The summed E-state index contributed by atoms with van der Waals surface area (Å²) in [5, 5.41) is 6.31. The van der Waals surface area contributed by atoms with Crippen LogP contribution in [0.15, 0.2) is 12.1 Å². The molecule has 0 spiro atoms. The van der Waals surface area contributed by atoms with Crippen LogP contribution in [0, 0.1) is 0 Å². The molecule has 1 aromatic rings. The Labute approximate surface area is 84.4 Å². The van der Waals surface area contributed by atoms with Gasteiger partial charge in [0.15, 0.2) is 0 Å². The second kappa shape index (κ2) is 4.60. The van der Waals surface area contributed by atoms with Gasteiger partial charge in [-0.1, -0.05) is 0 Å². The third kappa shape index (κ3) is 2.02. The Morgan fingerprint density at radius 3 is 2.57 bits per heavy atom. The van der Waals surface area contributed by atoms with Crippen molar-refractivity contribution >= 4 is 17.1 Å². The van der Waals surface area contributed by atoms with Crippen molar-refractivity contribution < 1.29 is 4.74 Å². The molecule has 1 aromatic carbocycles. The van der Waals surface area contributed by atoms with E-state index in [2.05, 4.69) is 10.6 Å². The van der Waals surface area contributed by atoms with Gasteiger partial charge < -0.3 is 21.1 Å². The quantitative estimate of drug-likeness (QED) is 0.641. The Kier molecular flexibility index (Phi) is 3.45. The van der Waals surface area contributed by atoms with E-state index < -0.39 is 0 Å². The van der Waals surface area contributed by atoms with E-state index in [0.717, 1.165) is 17.9 Å². The number of methoxy groups -OCH3 is 1. The van der Waals surface area contributed by atoms with Crippen molar-refractivity contribution in [1.29, 1.82) is 0 Å². The Morgan fingerprint density at radius 1 is 1.36 bits per heavy atom. The minimum atomic E-state index is 0.638. The van der Waals surface area contributed by atoms with E-state index in [-0.39, 0.29) is 0 Å². The predicted molar refractivity (Wildman–Crippen MR) is 61.1 cm³/mol. The molecule has 0 radical (unpaired) electrons. The minimum Gasteiger partial charge on any atom is -0.495 e. The Morgan fingerprint density at radius 2 is 2.07 bits per heavy atom. The zero-order valence-electron chi connectivity index (χ0n) is 8.85. The summed E-state index contributed by atoms with van der Waals surface area (Å²) >= 11 is 0. The largest absolute Gasteiger partial charge is 0.495 e. The number of hydrogen-bond donors (Lipinski definition) is 3. The number of rotatable bonds is 4. The molecule has 0 saturated carbocycles. The monoisotopic (exact) mass is 195 g/mol. The lowest BCUT2D eigenvalue weighted by atomic mass is 10.2. The van der Waals surface area contributed by atoms with Gasteiger partial charge in [-0.15, -0.1) is 0 Å². The lowest BCUT2D eigenvalue weighted by Gasteiger charge is -2.13. The summed E-state index contributed by atoms with van der Waals surface area (Å²) in [4.78, 5) is 0. The maximum atomic E-state index is 5.78. The Bertz CT molecular complexity index is 312. The van der Waals surface area contributed by atoms with Gasteiger partial charge in [0.25, 0.3) is 0 Å². The predicted octanol–water partition coefficient (Wildman–Crippen LogP) is 1.75. The van der Waals surface area contributed by atoms with Crippen LogP contribution >= 0.6 is 0 Å². The molecule has 78 valence electrons. The number of hydrogen-bond acceptors (Lipinski definition) is 4. The molecule has 0 aromatic heterocycles. The molecule has 0 aliphatic heterocycles. The van der Waals surface area contributed by atoms with Gasteiger partial charge in [0.2, 0.25) is 0 Å². The molecule has 0 unspecified atom stereocenters. The normalized spacial score (nSPS) is 9.64. The summed E-state index contributed by atoms with van der Waals surface area (Å²) in [6.07, 6.45) is 0. The van der Waals surface area contributed by atoms with Crippen LogP contribution in [0.3, 0.4) is 0 Å². The molecule has 0 atom stereocenters. The van der Waals surface area contributed by atoms with E-state index in [1.165, 1.54) is 0 Å². The molecule has 14 heavy (non-hydrogen) atoms. The van der Waals surface area contributed by atoms with Crippen LogP contribution in [0.5, 0.6) is 5.75 Å². The third-order valence-corrected chi connectivity index (χ3v) is 2.01. The highest BCUT2D eigenvalue weighted by Gasteiger charge is 2.06. The maximum absolute atomic E-state index is 5.78. The lowest BCUT2D eigenvalue weighted by Crippen LogP contribution is -2.03. The summed E-state index contributed by atoms with van der Waals surface area (Å²) in [6, 6.07) is 3.75. The van der Waals surface area contributed by atoms with Crippen LogP contribution in [-0.4, -0.2) is 20.7 Å².